The maximum Gasteiger partial charge on any atom is 0.410 e. The van der Waals surface area contributed by atoms with E-state index in [-0.39, 0.29) is 62.1 Å². The van der Waals surface area contributed by atoms with E-state index in [1.165, 1.54) is 24.3 Å². The Labute approximate surface area is 292 Å². The third kappa shape index (κ3) is 7.24. The van der Waals surface area contributed by atoms with Gasteiger partial charge in [0.25, 0.3) is 0 Å². The van der Waals surface area contributed by atoms with Crippen LogP contribution in [0.3, 0.4) is 0 Å². The van der Waals surface area contributed by atoms with Gasteiger partial charge in [-0.05, 0) is 49.9 Å². The highest BCUT2D eigenvalue weighted by molar-refractivity contribution is 5.97. The van der Waals surface area contributed by atoms with Gasteiger partial charge < -0.3 is 33.7 Å². The second-order valence-corrected chi connectivity index (χ2v) is 12.9. The van der Waals surface area contributed by atoms with Crippen molar-refractivity contribution in [1.82, 2.24) is 9.47 Å². The maximum absolute atomic E-state index is 15.8. The first-order valence-electron chi connectivity index (χ1n) is 16.9. The number of pyridine rings is 1. The van der Waals surface area contributed by atoms with Crippen LogP contribution in [0.15, 0.2) is 65.6 Å². The van der Waals surface area contributed by atoms with Gasteiger partial charge in [0.1, 0.15) is 17.1 Å². The second-order valence-electron chi connectivity index (χ2n) is 12.9. The van der Waals surface area contributed by atoms with Crippen LogP contribution in [0.2, 0.25) is 0 Å². The molecule has 4 aromatic rings. The molecule has 0 spiro atoms. The Morgan fingerprint density at radius 1 is 0.980 bits per heavy atom. The summed E-state index contributed by atoms with van der Waals surface area (Å²) in [6.07, 6.45) is 2.57. The third-order valence-electron chi connectivity index (χ3n) is 9.44. The summed E-state index contributed by atoms with van der Waals surface area (Å²) in [6, 6.07) is 14.5. The molecule has 1 amide bonds. The number of rotatable bonds is 11. The zero-order valence-electron chi connectivity index (χ0n) is 28.6. The molecule has 1 aromatic heterocycles. The molecule has 11 nitrogen and oxygen atoms in total. The highest BCUT2D eigenvalue weighted by Crippen LogP contribution is 2.44. The van der Waals surface area contributed by atoms with Gasteiger partial charge in [-0.15, -0.1) is 0 Å². The number of carbonyl (C=O) groups is 3. The summed E-state index contributed by atoms with van der Waals surface area (Å²) in [4.78, 5) is 53.7. The Morgan fingerprint density at radius 3 is 2.35 bits per heavy atom. The number of fused-ring (bicyclic) bond motifs is 1. The minimum absolute atomic E-state index is 0.00200. The molecule has 0 bridgehead atoms. The number of anilines is 1. The Hall–Kier alpha value is -5.46. The van der Waals surface area contributed by atoms with Crippen LogP contribution in [0.1, 0.15) is 61.0 Å². The molecule has 2 heterocycles. The van der Waals surface area contributed by atoms with Gasteiger partial charge in [-0.1, -0.05) is 42.5 Å². The molecule has 3 aromatic carbocycles. The molecule has 2 fully saturated rings. The van der Waals surface area contributed by atoms with Crippen LogP contribution in [0.5, 0.6) is 5.75 Å². The minimum Gasteiger partial charge on any atom is -0.492 e. The van der Waals surface area contributed by atoms with Crippen molar-refractivity contribution in [3.8, 4) is 16.9 Å². The summed E-state index contributed by atoms with van der Waals surface area (Å²) in [5.41, 5.74) is 0.920. The van der Waals surface area contributed by atoms with Crippen molar-refractivity contribution in [2.45, 2.75) is 51.1 Å². The number of amides is 1. The number of methoxy groups -OCH3 is 1. The number of ether oxygens (including phenoxy) is 3. The summed E-state index contributed by atoms with van der Waals surface area (Å²) in [6.45, 7) is 4.12. The van der Waals surface area contributed by atoms with E-state index in [4.69, 9.17) is 14.2 Å². The normalized spacial score (nSPS) is 16.5. The van der Waals surface area contributed by atoms with Crippen LogP contribution in [-0.4, -0.2) is 78.6 Å². The topological polar surface area (TPSA) is 128 Å². The lowest BCUT2D eigenvalue weighted by molar-refractivity contribution is -0.145. The smallest absolute Gasteiger partial charge is 0.410 e. The van der Waals surface area contributed by atoms with E-state index < -0.39 is 52.6 Å². The number of aromatic nitrogens is 1. The van der Waals surface area contributed by atoms with Crippen LogP contribution < -0.4 is 15.1 Å². The molecular formula is C38H39F2N3O8. The Morgan fingerprint density at radius 2 is 1.71 bits per heavy atom. The van der Waals surface area contributed by atoms with Crippen molar-refractivity contribution in [2.24, 2.45) is 0 Å². The van der Waals surface area contributed by atoms with E-state index in [9.17, 15) is 28.7 Å². The standard InChI is InChI=1S/C38H39F2N3O8/c1-22-20-41(33-31(40)19-28-32(35(33)49-3)43(26-11-12-26)21-29(34(28)44)36(45)46)14-15-42(22)38(48)51-17-7-16-50-37(47)23(2)25-10-13-27(30(39)18-25)24-8-5-4-6-9-24/h4-6,8-10,13,18-19,21-23,26H,7,11-12,14-17,20H2,1-3H3,(H,45,46). The van der Waals surface area contributed by atoms with E-state index >= 15 is 4.39 Å². The van der Waals surface area contributed by atoms with E-state index in [1.807, 2.05) is 30.3 Å². The summed E-state index contributed by atoms with van der Waals surface area (Å²) in [5.74, 6) is -3.64. The number of nitrogens with zero attached hydrogens (tertiary/aromatic N) is 3. The molecule has 2 unspecified atom stereocenters. The highest BCUT2D eigenvalue weighted by Gasteiger charge is 2.35. The van der Waals surface area contributed by atoms with Crippen molar-refractivity contribution in [1.29, 1.82) is 0 Å². The molecule has 1 N–H and O–H groups in total. The molecular weight excluding hydrogens is 664 g/mol. The summed E-state index contributed by atoms with van der Waals surface area (Å²) in [7, 11) is 1.38. The fourth-order valence-electron chi connectivity index (χ4n) is 6.54. The molecule has 0 radical (unpaired) electrons. The molecule has 2 aliphatic rings. The first kappa shape index (κ1) is 35.4. The lowest BCUT2D eigenvalue weighted by atomic mass is 9.97. The van der Waals surface area contributed by atoms with Gasteiger partial charge in [0.15, 0.2) is 11.6 Å². The number of hydrogen-bond acceptors (Lipinski definition) is 8. The van der Waals surface area contributed by atoms with Crippen LogP contribution in [0.4, 0.5) is 19.3 Å². The maximum atomic E-state index is 15.8. The first-order valence-corrected chi connectivity index (χ1v) is 16.9. The van der Waals surface area contributed by atoms with Gasteiger partial charge in [0.05, 0.1) is 37.1 Å². The zero-order valence-corrected chi connectivity index (χ0v) is 28.6. The lowest BCUT2D eigenvalue weighted by Crippen LogP contribution is -2.54. The summed E-state index contributed by atoms with van der Waals surface area (Å²) >= 11 is 0. The SMILES string of the molecule is COc1c(N2CCN(C(=O)OCCCOC(=O)C(C)c3ccc(-c4ccccc4)c(F)c3)C(C)C2)c(F)cc2c(=O)c(C(=O)O)cn(C3CC3)c12. The monoisotopic (exact) mass is 703 g/mol. The molecule has 13 heteroatoms. The summed E-state index contributed by atoms with van der Waals surface area (Å²) in [5, 5.41) is 9.52. The van der Waals surface area contributed by atoms with Crippen LogP contribution in [-0.2, 0) is 14.3 Å². The van der Waals surface area contributed by atoms with E-state index in [0.717, 1.165) is 24.5 Å². The first-order chi connectivity index (χ1) is 24.5. The quantitative estimate of drug-likeness (QED) is 0.140. The van der Waals surface area contributed by atoms with Crippen LogP contribution in [0.25, 0.3) is 22.0 Å². The van der Waals surface area contributed by atoms with Gasteiger partial charge in [0.2, 0.25) is 5.43 Å². The van der Waals surface area contributed by atoms with E-state index in [0.29, 0.717) is 16.6 Å². The van der Waals surface area contributed by atoms with Crippen molar-refractivity contribution in [3.63, 3.8) is 0 Å². The number of carboxylic acid groups (broad SMARTS) is 1. The van der Waals surface area contributed by atoms with Crippen molar-refractivity contribution >= 4 is 34.6 Å². The Bertz CT molecular complexity index is 2030. The number of carbonyl (C=O) groups excluding carboxylic acids is 2. The molecule has 1 aliphatic heterocycles. The van der Waals surface area contributed by atoms with Gasteiger partial charge in [0, 0.05) is 49.9 Å². The van der Waals surface area contributed by atoms with Gasteiger partial charge in [-0.25, -0.2) is 18.4 Å². The van der Waals surface area contributed by atoms with Crippen LogP contribution in [0, 0.1) is 11.6 Å². The lowest BCUT2D eigenvalue weighted by Gasteiger charge is -2.40. The van der Waals surface area contributed by atoms with E-state index in [1.54, 1.807) is 35.4 Å². The largest absolute Gasteiger partial charge is 0.492 e. The zero-order chi connectivity index (χ0) is 36.4. The molecule has 51 heavy (non-hydrogen) atoms. The summed E-state index contributed by atoms with van der Waals surface area (Å²) < 4.78 is 48.8. The predicted octanol–water partition coefficient (Wildman–Crippen LogP) is 6.37. The number of carboxylic acids is 1. The van der Waals surface area contributed by atoms with Gasteiger partial charge in [-0.3, -0.25) is 9.59 Å². The number of piperazine rings is 1. The molecule has 1 aliphatic carbocycles. The van der Waals surface area contributed by atoms with Crippen LogP contribution >= 0.6 is 0 Å². The van der Waals surface area contributed by atoms with Gasteiger partial charge >= 0.3 is 18.0 Å². The molecule has 2 atom stereocenters. The van der Waals surface area contributed by atoms with Crippen molar-refractivity contribution in [2.75, 3.05) is 44.9 Å². The van der Waals surface area contributed by atoms with E-state index in [2.05, 4.69) is 0 Å². The van der Waals surface area contributed by atoms with Crippen molar-refractivity contribution < 1.29 is 42.5 Å². The fraction of sp³-hybridized carbons (Fsp3) is 0.368. The molecule has 268 valence electrons. The Balaban J connectivity index is 1.03. The average Bonchev–Trinajstić information content (AvgIpc) is 3.96. The number of hydrogen-bond donors (Lipinski definition) is 1. The average molecular weight is 704 g/mol. The predicted molar refractivity (Wildman–Crippen MR) is 186 cm³/mol. The molecule has 1 saturated carbocycles. The number of halogens is 2. The number of aromatic carboxylic acids is 1. The Kier molecular flexibility index (Phi) is 10.3. The molecule has 6 rings (SSSR count). The highest BCUT2D eigenvalue weighted by atomic mass is 19.1. The minimum atomic E-state index is -1.38. The van der Waals surface area contributed by atoms with Gasteiger partial charge in [-0.2, -0.15) is 0 Å². The molecule has 1 saturated heterocycles. The van der Waals surface area contributed by atoms with Crippen molar-refractivity contribution in [3.05, 3.63) is 93.8 Å². The number of esters is 1. The second kappa shape index (κ2) is 14.8. The number of benzene rings is 3. The fourth-order valence-corrected chi connectivity index (χ4v) is 6.54. The third-order valence-corrected chi connectivity index (χ3v) is 9.44.